The number of pyridine rings is 1. The van der Waals surface area contributed by atoms with E-state index in [1.54, 1.807) is 24.5 Å². The standard InChI is InChI=1S/C11H9F3N4O/c12-11(13,14)10(19)9-7-18(17-16-9)6-3-8-1-4-15-5-2-8/h1-2,4-5,7H,3,6H2. The summed E-state index contributed by atoms with van der Waals surface area (Å²) >= 11 is 0. The molecule has 0 unspecified atom stereocenters. The third kappa shape index (κ3) is 3.36. The van der Waals surface area contributed by atoms with Crippen LogP contribution in [0.1, 0.15) is 16.1 Å². The number of aryl methyl sites for hydroxylation is 2. The SMILES string of the molecule is O=C(c1cn(CCc2ccncc2)nn1)C(F)(F)F. The molecule has 0 fully saturated rings. The van der Waals surface area contributed by atoms with Gasteiger partial charge in [0.25, 0.3) is 5.78 Å². The van der Waals surface area contributed by atoms with E-state index in [-0.39, 0.29) is 0 Å². The van der Waals surface area contributed by atoms with Gasteiger partial charge in [0.05, 0.1) is 6.20 Å². The molecule has 0 radical (unpaired) electrons. The van der Waals surface area contributed by atoms with E-state index in [1.807, 2.05) is 0 Å². The largest absolute Gasteiger partial charge is 0.456 e. The van der Waals surface area contributed by atoms with Crippen LogP contribution in [0.15, 0.2) is 30.7 Å². The van der Waals surface area contributed by atoms with Crippen LogP contribution in [-0.2, 0) is 13.0 Å². The number of carbonyl (C=O) groups excluding carboxylic acids is 1. The van der Waals surface area contributed by atoms with Crippen LogP contribution in [-0.4, -0.2) is 31.9 Å². The number of alkyl halides is 3. The predicted octanol–water partition coefficient (Wildman–Crippen LogP) is 1.66. The van der Waals surface area contributed by atoms with Crippen molar-refractivity contribution in [2.24, 2.45) is 0 Å². The normalized spacial score (nSPS) is 11.5. The summed E-state index contributed by atoms with van der Waals surface area (Å²) < 4.78 is 37.7. The summed E-state index contributed by atoms with van der Waals surface area (Å²) in [6.45, 7) is 0.335. The number of hydrogen-bond acceptors (Lipinski definition) is 4. The first-order valence-electron chi connectivity index (χ1n) is 5.37. The molecular formula is C11H9F3N4O. The Kier molecular flexibility index (Phi) is 3.59. The van der Waals surface area contributed by atoms with Crippen LogP contribution < -0.4 is 0 Å². The highest BCUT2D eigenvalue weighted by atomic mass is 19.4. The number of ketones is 1. The molecule has 2 aromatic heterocycles. The van der Waals surface area contributed by atoms with Gasteiger partial charge in [0.15, 0.2) is 5.69 Å². The fourth-order valence-electron chi connectivity index (χ4n) is 1.45. The van der Waals surface area contributed by atoms with Crippen LogP contribution in [0.5, 0.6) is 0 Å². The van der Waals surface area contributed by atoms with Crippen LogP contribution in [0.25, 0.3) is 0 Å². The molecule has 8 heteroatoms. The van der Waals surface area contributed by atoms with Crippen molar-refractivity contribution in [1.29, 1.82) is 0 Å². The average Bonchev–Trinajstić information content (AvgIpc) is 2.84. The van der Waals surface area contributed by atoms with Crippen LogP contribution in [0, 0.1) is 0 Å². The van der Waals surface area contributed by atoms with Crippen LogP contribution in [0.3, 0.4) is 0 Å². The first-order valence-corrected chi connectivity index (χ1v) is 5.37. The van der Waals surface area contributed by atoms with Gasteiger partial charge in [-0.05, 0) is 24.1 Å². The second kappa shape index (κ2) is 5.17. The van der Waals surface area contributed by atoms with Crippen LogP contribution >= 0.6 is 0 Å². The van der Waals surface area contributed by atoms with E-state index in [9.17, 15) is 18.0 Å². The molecule has 5 nitrogen and oxygen atoms in total. The lowest BCUT2D eigenvalue weighted by Crippen LogP contribution is -2.23. The summed E-state index contributed by atoms with van der Waals surface area (Å²) in [7, 11) is 0. The van der Waals surface area contributed by atoms with E-state index >= 15 is 0 Å². The molecular weight excluding hydrogens is 261 g/mol. The molecule has 0 amide bonds. The van der Waals surface area contributed by atoms with Gasteiger partial charge in [0.2, 0.25) is 0 Å². The third-order valence-corrected chi connectivity index (χ3v) is 2.41. The first-order chi connectivity index (χ1) is 8.97. The van der Waals surface area contributed by atoms with Gasteiger partial charge in [-0.3, -0.25) is 14.5 Å². The minimum Gasteiger partial charge on any atom is -0.282 e. The smallest absolute Gasteiger partial charge is 0.282 e. The molecule has 0 aliphatic rings. The lowest BCUT2D eigenvalue weighted by atomic mass is 10.2. The van der Waals surface area contributed by atoms with Crippen LogP contribution in [0.2, 0.25) is 0 Å². The fourth-order valence-corrected chi connectivity index (χ4v) is 1.45. The second-order valence-corrected chi connectivity index (χ2v) is 3.80. The Balaban J connectivity index is 2.00. The molecule has 0 aromatic carbocycles. The Hall–Kier alpha value is -2.25. The van der Waals surface area contributed by atoms with Gasteiger partial charge in [-0.1, -0.05) is 5.21 Å². The summed E-state index contributed by atoms with van der Waals surface area (Å²) in [6, 6.07) is 3.58. The maximum absolute atomic E-state index is 12.2. The number of rotatable bonds is 4. The Morgan fingerprint density at radius 1 is 1.26 bits per heavy atom. The van der Waals surface area contributed by atoms with E-state index in [1.165, 1.54) is 4.68 Å². The lowest BCUT2D eigenvalue weighted by molar-refractivity contribution is -0.0888. The third-order valence-electron chi connectivity index (χ3n) is 2.41. The Morgan fingerprint density at radius 3 is 2.58 bits per heavy atom. The Bertz CT molecular complexity index is 565. The highest BCUT2D eigenvalue weighted by Crippen LogP contribution is 2.19. The van der Waals surface area contributed by atoms with Crippen molar-refractivity contribution in [2.45, 2.75) is 19.1 Å². The van der Waals surface area contributed by atoms with Crippen molar-refractivity contribution >= 4 is 5.78 Å². The maximum Gasteiger partial charge on any atom is 0.456 e. The number of aromatic nitrogens is 4. The molecule has 0 aliphatic heterocycles. The van der Waals surface area contributed by atoms with Gasteiger partial charge >= 0.3 is 6.18 Å². The van der Waals surface area contributed by atoms with Gasteiger partial charge in [0.1, 0.15) is 0 Å². The van der Waals surface area contributed by atoms with Crippen molar-refractivity contribution < 1.29 is 18.0 Å². The van der Waals surface area contributed by atoms with Crippen LogP contribution in [0.4, 0.5) is 13.2 Å². The van der Waals surface area contributed by atoms with E-state index in [4.69, 9.17) is 0 Å². The van der Waals surface area contributed by atoms with Crippen molar-refractivity contribution in [3.05, 3.63) is 42.0 Å². The average molecular weight is 270 g/mol. The molecule has 2 aromatic rings. The first kappa shape index (κ1) is 13.2. The highest BCUT2D eigenvalue weighted by molar-refractivity contribution is 5.98. The molecule has 100 valence electrons. The maximum atomic E-state index is 12.2. The van der Waals surface area contributed by atoms with Gasteiger partial charge < -0.3 is 0 Å². The zero-order chi connectivity index (χ0) is 13.9. The van der Waals surface area contributed by atoms with E-state index < -0.39 is 17.7 Å². The number of nitrogens with zero attached hydrogens (tertiary/aromatic N) is 4. The van der Waals surface area contributed by atoms with E-state index in [2.05, 4.69) is 15.3 Å². The number of hydrogen-bond donors (Lipinski definition) is 0. The van der Waals surface area contributed by atoms with Gasteiger partial charge in [0, 0.05) is 18.9 Å². The van der Waals surface area contributed by atoms with Crippen molar-refractivity contribution in [2.75, 3.05) is 0 Å². The molecule has 0 bridgehead atoms. The molecule has 0 atom stereocenters. The zero-order valence-corrected chi connectivity index (χ0v) is 9.63. The zero-order valence-electron chi connectivity index (χ0n) is 9.63. The summed E-state index contributed by atoms with van der Waals surface area (Å²) in [4.78, 5) is 14.8. The molecule has 0 spiro atoms. The highest BCUT2D eigenvalue weighted by Gasteiger charge is 2.41. The number of carbonyl (C=O) groups is 1. The fraction of sp³-hybridized carbons (Fsp3) is 0.273. The second-order valence-electron chi connectivity index (χ2n) is 3.80. The molecule has 0 saturated carbocycles. The summed E-state index contributed by atoms with van der Waals surface area (Å²) in [5, 5.41) is 6.72. The van der Waals surface area contributed by atoms with Gasteiger partial charge in [-0.2, -0.15) is 13.2 Å². The van der Waals surface area contributed by atoms with Crippen molar-refractivity contribution in [3.63, 3.8) is 0 Å². The molecule has 2 rings (SSSR count). The summed E-state index contributed by atoms with van der Waals surface area (Å²) in [5.74, 6) is -1.98. The predicted molar refractivity (Wildman–Crippen MR) is 58.3 cm³/mol. The van der Waals surface area contributed by atoms with E-state index in [0.717, 1.165) is 11.8 Å². The number of Topliss-reactive ketones (excluding diaryl/α,β-unsaturated/α-hetero) is 1. The van der Waals surface area contributed by atoms with Crippen molar-refractivity contribution in [1.82, 2.24) is 20.0 Å². The molecule has 0 saturated heterocycles. The number of halogens is 3. The monoisotopic (exact) mass is 270 g/mol. The summed E-state index contributed by atoms with van der Waals surface area (Å²) in [6.07, 6.45) is -0.126. The summed E-state index contributed by atoms with van der Waals surface area (Å²) in [5.41, 5.74) is 0.274. The van der Waals surface area contributed by atoms with Gasteiger partial charge in [-0.15, -0.1) is 5.10 Å². The topological polar surface area (TPSA) is 60.7 Å². The quantitative estimate of drug-likeness (QED) is 0.793. The van der Waals surface area contributed by atoms with Crippen molar-refractivity contribution in [3.8, 4) is 0 Å². The molecule has 0 aliphatic carbocycles. The van der Waals surface area contributed by atoms with E-state index in [0.29, 0.717) is 13.0 Å². The Labute approximate surface area is 106 Å². The molecule has 2 heterocycles. The van der Waals surface area contributed by atoms with Gasteiger partial charge in [-0.25, -0.2) is 0 Å². The minimum atomic E-state index is -4.92. The molecule has 19 heavy (non-hydrogen) atoms. The Morgan fingerprint density at radius 2 is 1.95 bits per heavy atom. The minimum absolute atomic E-state index is 0.335. The molecule has 0 N–H and O–H groups in total. The lowest BCUT2D eigenvalue weighted by Gasteiger charge is -2.01.